The van der Waals surface area contributed by atoms with E-state index in [1.165, 1.54) is 10.9 Å². The van der Waals surface area contributed by atoms with E-state index in [0.29, 0.717) is 6.54 Å². The zero-order chi connectivity index (χ0) is 13.7. The SMILES string of the molecule is NC(=O)c1cccc(C(=O)NCCc2cccs2)n1. The monoisotopic (exact) mass is 275 g/mol. The molecule has 6 heteroatoms. The quantitative estimate of drug-likeness (QED) is 0.860. The molecule has 0 saturated heterocycles. The second-order valence-electron chi connectivity index (χ2n) is 3.86. The van der Waals surface area contributed by atoms with Crippen molar-refractivity contribution in [2.24, 2.45) is 5.73 Å². The summed E-state index contributed by atoms with van der Waals surface area (Å²) in [6.07, 6.45) is 0.777. The van der Waals surface area contributed by atoms with Gasteiger partial charge in [0, 0.05) is 11.4 Å². The van der Waals surface area contributed by atoms with Gasteiger partial charge in [0.25, 0.3) is 11.8 Å². The number of nitrogens with zero attached hydrogens (tertiary/aromatic N) is 1. The maximum atomic E-state index is 11.8. The van der Waals surface area contributed by atoms with Crippen LogP contribution < -0.4 is 11.1 Å². The van der Waals surface area contributed by atoms with Gasteiger partial charge in [-0.1, -0.05) is 12.1 Å². The Bertz CT molecular complexity index is 581. The number of rotatable bonds is 5. The Hall–Kier alpha value is -2.21. The van der Waals surface area contributed by atoms with Crippen LogP contribution in [0.15, 0.2) is 35.7 Å². The number of carbonyl (C=O) groups excluding carboxylic acids is 2. The van der Waals surface area contributed by atoms with Crippen molar-refractivity contribution in [3.05, 3.63) is 52.0 Å². The van der Waals surface area contributed by atoms with Crippen molar-refractivity contribution < 1.29 is 9.59 Å². The fourth-order valence-electron chi connectivity index (χ4n) is 1.54. The van der Waals surface area contributed by atoms with E-state index in [9.17, 15) is 9.59 Å². The lowest BCUT2D eigenvalue weighted by Crippen LogP contribution is -2.27. The summed E-state index contributed by atoms with van der Waals surface area (Å²) in [7, 11) is 0. The van der Waals surface area contributed by atoms with Crippen LogP contribution in [-0.2, 0) is 6.42 Å². The molecule has 0 atom stereocenters. The van der Waals surface area contributed by atoms with Crippen LogP contribution in [0.4, 0.5) is 0 Å². The molecular weight excluding hydrogens is 262 g/mol. The second kappa shape index (κ2) is 6.10. The number of nitrogens with one attached hydrogen (secondary N) is 1. The van der Waals surface area contributed by atoms with E-state index in [0.717, 1.165) is 6.42 Å². The van der Waals surface area contributed by atoms with Gasteiger partial charge in [-0.2, -0.15) is 0 Å². The lowest BCUT2D eigenvalue weighted by Gasteiger charge is -2.04. The normalized spacial score (nSPS) is 10.1. The first-order valence-corrected chi connectivity index (χ1v) is 6.62. The highest BCUT2D eigenvalue weighted by Crippen LogP contribution is 2.08. The maximum Gasteiger partial charge on any atom is 0.269 e. The number of amides is 2. The summed E-state index contributed by atoms with van der Waals surface area (Å²) in [5, 5.41) is 4.75. The summed E-state index contributed by atoms with van der Waals surface area (Å²) in [6.45, 7) is 0.530. The zero-order valence-corrected chi connectivity index (χ0v) is 10.9. The molecule has 0 radical (unpaired) electrons. The molecule has 98 valence electrons. The van der Waals surface area contributed by atoms with E-state index in [-0.39, 0.29) is 17.3 Å². The Morgan fingerprint density at radius 2 is 2.00 bits per heavy atom. The average Bonchev–Trinajstić information content (AvgIpc) is 2.92. The topological polar surface area (TPSA) is 85.1 Å². The molecule has 0 aliphatic carbocycles. The Morgan fingerprint density at radius 1 is 1.21 bits per heavy atom. The summed E-state index contributed by atoms with van der Waals surface area (Å²) < 4.78 is 0. The summed E-state index contributed by atoms with van der Waals surface area (Å²) >= 11 is 1.65. The predicted octanol–water partition coefficient (Wildman–Crippen LogP) is 1.21. The fraction of sp³-hybridized carbons (Fsp3) is 0.154. The van der Waals surface area contributed by atoms with E-state index < -0.39 is 5.91 Å². The van der Waals surface area contributed by atoms with E-state index in [2.05, 4.69) is 10.3 Å². The molecule has 0 aliphatic rings. The molecule has 19 heavy (non-hydrogen) atoms. The number of carbonyl (C=O) groups is 2. The van der Waals surface area contributed by atoms with E-state index in [1.807, 2.05) is 17.5 Å². The van der Waals surface area contributed by atoms with Crippen LogP contribution in [-0.4, -0.2) is 23.3 Å². The van der Waals surface area contributed by atoms with Crippen molar-refractivity contribution in [1.82, 2.24) is 10.3 Å². The number of thiophene rings is 1. The van der Waals surface area contributed by atoms with Gasteiger partial charge in [-0.05, 0) is 30.0 Å². The van der Waals surface area contributed by atoms with E-state index in [1.54, 1.807) is 23.5 Å². The number of hydrogen-bond donors (Lipinski definition) is 2. The van der Waals surface area contributed by atoms with Crippen LogP contribution >= 0.6 is 11.3 Å². The highest BCUT2D eigenvalue weighted by Gasteiger charge is 2.09. The molecule has 0 aromatic carbocycles. The smallest absolute Gasteiger partial charge is 0.269 e. The minimum Gasteiger partial charge on any atom is -0.364 e. The molecule has 2 rings (SSSR count). The molecule has 0 fully saturated rings. The van der Waals surface area contributed by atoms with Gasteiger partial charge < -0.3 is 11.1 Å². The first-order chi connectivity index (χ1) is 9.16. The van der Waals surface area contributed by atoms with Gasteiger partial charge in [-0.25, -0.2) is 4.98 Å². The molecule has 5 nitrogen and oxygen atoms in total. The summed E-state index contributed by atoms with van der Waals surface area (Å²) in [4.78, 5) is 27.9. The molecule has 2 aromatic heterocycles. The van der Waals surface area contributed by atoms with Crippen molar-refractivity contribution in [1.29, 1.82) is 0 Å². The lowest BCUT2D eigenvalue weighted by atomic mass is 10.2. The fourth-order valence-corrected chi connectivity index (χ4v) is 2.25. The van der Waals surface area contributed by atoms with Crippen molar-refractivity contribution in [3.8, 4) is 0 Å². The lowest BCUT2D eigenvalue weighted by molar-refractivity contribution is 0.0949. The number of hydrogen-bond acceptors (Lipinski definition) is 4. The molecule has 2 aromatic rings. The Morgan fingerprint density at radius 3 is 2.68 bits per heavy atom. The first-order valence-electron chi connectivity index (χ1n) is 5.74. The zero-order valence-electron chi connectivity index (χ0n) is 10.1. The molecule has 0 aliphatic heterocycles. The van der Waals surface area contributed by atoms with Crippen LogP contribution in [0, 0.1) is 0 Å². The summed E-state index contributed by atoms with van der Waals surface area (Å²) in [5.41, 5.74) is 5.40. The minimum atomic E-state index is -0.645. The van der Waals surface area contributed by atoms with Crippen molar-refractivity contribution in [2.75, 3.05) is 6.54 Å². The van der Waals surface area contributed by atoms with Crippen LogP contribution in [0.2, 0.25) is 0 Å². The van der Waals surface area contributed by atoms with Gasteiger partial charge in [-0.3, -0.25) is 9.59 Å². The van der Waals surface area contributed by atoms with Gasteiger partial charge in [0.05, 0.1) is 0 Å². The molecule has 2 amide bonds. The van der Waals surface area contributed by atoms with Gasteiger partial charge in [0.15, 0.2) is 0 Å². The molecule has 3 N–H and O–H groups in total. The van der Waals surface area contributed by atoms with Gasteiger partial charge >= 0.3 is 0 Å². The highest BCUT2D eigenvalue weighted by molar-refractivity contribution is 7.09. The molecule has 0 spiro atoms. The van der Waals surface area contributed by atoms with E-state index >= 15 is 0 Å². The molecule has 0 bridgehead atoms. The largest absolute Gasteiger partial charge is 0.364 e. The van der Waals surface area contributed by atoms with Crippen LogP contribution in [0.25, 0.3) is 0 Å². The molecule has 0 unspecified atom stereocenters. The van der Waals surface area contributed by atoms with Gasteiger partial charge in [-0.15, -0.1) is 11.3 Å². The third-order valence-corrected chi connectivity index (χ3v) is 3.41. The average molecular weight is 275 g/mol. The van der Waals surface area contributed by atoms with Crippen LogP contribution in [0.3, 0.4) is 0 Å². The van der Waals surface area contributed by atoms with Gasteiger partial charge in [0.2, 0.25) is 0 Å². The van der Waals surface area contributed by atoms with Crippen molar-refractivity contribution in [3.63, 3.8) is 0 Å². The Kier molecular flexibility index (Phi) is 4.25. The molecule has 0 saturated carbocycles. The third kappa shape index (κ3) is 3.62. The van der Waals surface area contributed by atoms with Crippen molar-refractivity contribution >= 4 is 23.2 Å². The standard InChI is InChI=1S/C13H13N3O2S/c14-12(17)10-4-1-5-11(16-10)13(18)15-7-6-9-3-2-8-19-9/h1-5,8H,6-7H2,(H2,14,17)(H,15,18). The number of pyridine rings is 1. The molecular formula is C13H13N3O2S. The second-order valence-corrected chi connectivity index (χ2v) is 4.89. The molecule has 2 heterocycles. The van der Waals surface area contributed by atoms with Crippen LogP contribution in [0.5, 0.6) is 0 Å². The Balaban J connectivity index is 1.92. The summed E-state index contributed by atoms with van der Waals surface area (Å²) in [5.74, 6) is -0.951. The number of primary amides is 1. The highest BCUT2D eigenvalue weighted by atomic mass is 32.1. The third-order valence-electron chi connectivity index (χ3n) is 2.47. The van der Waals surface area contributed by atoms with Crippen LogP contribution in [0.1, 0.15) is 25.9 Å². The number of nitrogens with two attached hydrogens (primary N) is 1. The van der Waals surface area contributed by atoms with Crippen molar-refractivity contribution in [2.45, 2.75) is 6.42 Å². The van der Waals surface area contributed by atoms with E-state index in [4.69, 9.17) is 5.73 Å². The number of aromatic nitrogens is 1. The summed E-state index contributed by atoms with van der Waals surface area (Å²) in [6, 6.07) is 8.60. The predicted molar refractivity (Wildman–Crippen MR) is 73.1 cm³/mol. The maximum absolute atomic E-state index is 11.8. The Labute approximate surface area is 114 Å². The first kappa shape index (κ1) is 13.2. The minimum absolute atomic E-state index is 0.0888. The van der Waals surface area contributed by atoms with Gasteiger partial charge in [0.1, 0.15) is 11.4 Å².